The highest BCUT2D eigenvalue weighted by Crippen LogP contribution is 2.20. The molecular formula is C11H17ClN4O3. The molecule has 0 spiro atoms. The fourth-order valence-corrected chi connectivity index (χ4v) is 1.48. The van der Waals surface area contributed by atoms with Crippen molar-refractivity contribution >= 4 is 23.1 Å². The number of hydrogen-bond acceptors (Lipinski definition) is 6. The molecule has 1 N–H and O–H groups in total. The molecule has 0 fully saturated rings. The summed E-state index contributed by atoms with van der Waals surface area (Å²) >= 11 is 5.70. The van der Waals surface area contributed by atoms with Crippen molar-refractivity contribution in [2.75, 3.05) is 45.7 Å². The lowest BCUT2D eigenvalue weighted by Gasteiger charge is -2.10. The molecule has 0 aliphatic carbocycles. The van der Waals surface area contributed by atoms with Crippen LogP contribution in [0.3, 0.4) is 0 Å². The molecule has 0 unspecified atom stereocenters. The van der Waals surface area contributed by atoms with Crippen LogP contribution < -0.4 is 5.32 Å². The van der Waals surface area contributed by atoms with Gasteiger partial charge in [0.1, 0.15) is 11.0 Å². The van der Waals surface area contributed by atoms with Crippen LogP contribution in [0, 0.1) is 10.1 Å². The lowest BCUT2D eigenvalue weighted by molar-refractivity contribution is -0.384. The van der Waals surface area contributed by atoms with Crippen LogP contribution in [0.4, 0.5) is 11.5 Å². The Kier molecular flexibility index (Phi) is 6.48. The monoisotopic (exact) mass is 288 g/mol. The van der Waals surface area contributed by atoms with Gasteiger partial charge in [-0.25, -0.2) is 4.98 Å². The number of likely N-dealkylation sites (N-methyl/N-ethyl adjacent to an activating group) is 1. The number of nitrogens with one attached hydrogen (secondary N) is 1. The molecule has 1 aromatic heterocycles. The molecule has 0 amide bonds. The zero-order valence-electron chi connectivity index (χ0n) is 10.9. The molecular weight excluding hydrogens is 272 g/mol. The summed E-state index contributed by atoms with van der Waals surface area (Å²) in [5, 5.41) is 13.7. The number of rotatable bonds is 8. The van der Waals surface area contributed by atoms with Gasteiger partial charge < -0.3 is 15.0 Å². The highest BCUT2D eigenvalue weighted by molar-refractivity contribution is 6.29. The van der Waals surface area contributed by atoms with E-state index in [0.29, 0.717) is 25.6 Å². The van der Waals surface area contributed by atoms with E-state index in [4.69, 9.17) is 16.3 Å². The maximum Gasteiger partial charge on any atom is 0.276 e. The van der Waals surface area contributed by atoms with Crippen molar-refractivity contribution in [1.82, 2.24) is 9.88 Å². The summed E-state index contributed by atoms with van der Waals surface area (Å²) in [5.74, 6) is 0.371. The van der Waals surface area contributed by atoms with Gasteiger partial charge in [0.15, 0.2) is 0 Å². The van der Waals surface area contributed by atoms with E-state index >= 15 is 0 Å². The van der Waals surface area contributed by atoms with Crippen LogP contribution in [0.2, 0.25) is 5.15 Å². The molecule has 0 radical (unpaired) electrons. The molecule has 0 aromatic carbocycles. The molecule has 1 aromatic rings. The van der Waals surface area contributed by atoms with E-state index in [1.54, 1.807) is 0 Å². The molecule has 0 atom stereocenters. The van der Waals surface area contributed by atoms with Gasteiger partial charge in [-0.3, -0.25) is 10.1 Å². The van der Waals surface area contributed by atoms with Crippen molar-refractivity contribution in [2.45, 2.75) is 0 Å². The number of nitro groups is 1. The van der Waals surface area contributed by atoms with Gasteiger partial charge in [0.05, 0.1) is 30.3 Å². The zero-order chi connectivity index (χ0) is 14.3. The second kappa shape index (κ2) is 7.88. The van der Waals surface area contributed by atoms with Crippen molar-refractivity contribution in [3.05, 3.63) is 27.4 Å². The third kappa shape index (κ3) is 6.32. The van der Waals surface area contributed by atoms with E-state index in [9.17, 15) is 10.1 Å². The minimum Gasteiger partial charge on any atom is -0.378 e. The Morgan fingerprint density at radius 1 is 1.47 bits per heavy atom. The van der Waals surface area contributed by atoms with Gasteiger partial charge in [0, 0.05) is 13.1 Å². The third-order valence-corrected chi connectivity index (χ3v) is 2.42. The van der Waals surface area contributed by atoms with Gasteiger partial charge in [0.25, 0.3) is 5.69 Å². The maximum absolute atomic E-state index is 10.6. The Balaban J connectivity index is 2.35. The van der Waals surface area contributed by atoms with E-state index in [0.717, 1.165) is 6.54 Å². The molecule has 1 heterocycles. The van der Waals surface area contributed by atoms with Crippen molar-refractivity contribution in [3.8, 4) is 0 Å². The Hall–Kier alpha value is -1.44. The zero-order valence-corrected chi connectivity index (χ0v) is 11.7. The Labute approximate surface area is 116 Å². The minimum absolute atomic E-state index is 0.0870. The molecule has 0 saturated heterocycles. The largest absolute Gasteiger partial charge is 0.378 e. The van der Waals surface area contributed by atoms with Gasteiger partial charge in [0.2, 0.25) is 0 Å². The molecule has 19 heavy (non-hydrogen) atoms. The van der Waals surface area contributed by atoms with Crippen molar-refractivity contribution in [2.24, 2.45) is 0 Å². The average molecular weight is 289 g/mol. The highest BCUT2D eigenvalue weighted by Gasteiger charge is 2.09. The molecule has 106 valence electrons. The van der Waals surface area contributed by atoms with Crippen LogP contribution in [0.25, 0.3) is 0 Å². The lowest BCUT2D eigenvalue weighted by atomic mass is 10.4. The molecule has 0 aliphatic rings. The summed E-state index contributed by atoms with van der Waals surface area (Å²) in [6.45, 7) is 2.49. The maximum atomic E-state index is 10.6. The number of nitrogens with zero attached hydrogens (tertiary/aromatic N) is 3. The van der Waals surface area contributed by atoms with Crippen LogP contribution in [-0.2, 0) is 4.74 Å². The Morgan fingerprint density at radius 2 is 2.21 bits per heavy atom. The molecule has 1 rings (SSSR count). The minimum atomic E-state index is -0.508. The summed E-state index contributed by atoms with van der Waals surface area (Å²) in [7, 11) is 3.94. The number of aromatic nitrogens is 1. The number of pyridine rings is 1. The van der Waals surface area contributed by atoms with E-state index in [2.05, 4.69) is 10.3 Å². The van der Waals surface area contributed by atoms with Crippen LogP contribution in [0.15, 0.2) is 12.1 Å². The first-order chi connectivity index (χ1) is 8.99. The topological polar surface area (TPSA) is 80.5 Å². The van der Waals surface area contributed by atoms with E-state index in [1.165, 1.54) is 12.1 Å². The molecule has 7 nitrogen and oxygen atoms in total. The SMILES string of the molecule is CN(C)CCOCCNc1cc([N+](=O)[O-])cc(Cl)n1. The molecule has 8 heteroatoms. The average Bonchev–Trinajstić information content (AvgIpc) is 2.32. The van der Waals surface area contributed by atoms with Crippen LogP contribution in [0.5, 0.6) is 0 Å². The lowest BCUT2D eigenvalue weighted by Crippen LogP contribution is -2.20. The number of ether oxygens (including phenoxy) is 1. The quantitative estimate of drug-likeness (QED) is 0.339. The standard InChI is InChI=1S/C11H17ClN4O3/c1-15(2)4-6-19-5-3-13-11-8-9(16(17)18)7-10(12)14-11/h7-8H,3-6H2,1-2H3,(H,13,14). The number of anilines is 1. The second-order valence-electron chi connectivity index (χ2n) is 4.13. The number of halogens is 1. The van der Waals surface area contributed by atoms with E-state index in [1.807, 2.05) is 19.0 Å². The molecule has 0 bridgehead atoms. The first-order valence-corrected chi connectivity index (χ1v) is 6.15. The van der Waals surface area contributed by atoms with Gasteiger partial charge in [-0.05, 0) is 14.1 Å². The van der Waals surface area contributed by atoms with Crippen molar-refractivity contribution in [3.63, 3.8) is 0 Å². The predicted octanol–water partition coefficient (Wildman–Crippen LogP) is 1.63. The smallest absolute Gasteiger partial charge is 0.276 e. The fourth-order valence-electron chi connectivity index (χ4n) is 1.28. The van der Waals surface area contributed by atoms with E-state index in [-0.39, 0.29) is 10.8 Å². The van der Waals surface area contributed by atoms with Gasteiger partial charge in [-0.1, -0.05) is 11.6 Å². The summed E-state index contributed by atoms with van der Waals surface area (Å²) in [4.78, 5) is 16.1. The molecule has 0 saturated carbocycles. The van der Waals surface area contributed by atoms with Crippen molar-refractivity contribution in [1.29, 1.82) is 0 Å². The first-order valence-electron chi connectivity index (χ1n) is 5.77. The first kappa shape index (κ1) is 15.6. The summed E-state index contributed by atoms with van der Waals surface area (Å²) < 4.78 is 5.38. The number of hydrogen-bond donors (Lipinski definition) is 1. The molecule has 0 aliphatic heterocycles. The normalized spacial score (nSPS) is 10.7. The van der Waals surface area contributed by atoms with Gasteiger partial charge >= 0.3 is 0 Å². The summed E-state index contributed by atoms with van der Waals surface area (Å²) in [6.07, 6.45) is 0. The predicted molar refractivity (Wildman–Crippen MR) is 73.8 cm³/mol. The Bertz CT molecular complexity index is 428. The fraction of sp³-hybridized carbons (Fsp3) is 0.545. The summed E-state index contributed by atoms with van der Waals surface area (Å²) in [5.41, 5.74) is -0.0870. The van der Waals surface area contributed by atoms with E-state index < -0.39 is 4.92 Å². The third-order valence-electron chi connectivity index (χ3n) is 2.23. The van der Waals surface area contributed by atoms with Crippen molar-refractivity contribution < 1.29 is 9.66 Å². The Morgan fingerprint density at radius 3 is 2.84 bits per heavy atom. The van der Waals surface area contributed by atoms with Crippen LogP contribution >= 0.6 is 11.6 Å². The summed E-state index contributed by atoms with van der Waals surface area (Å²) in [6, 6.07) is 2.55. The highest BCUT2D eigenvalue weighted by atomic mass is 35.5. The van der Waals surface area contributed by atoms with Gasteiger partial charge in [-0.15, -0.1) is 0 Å². The van der Waals surface area contributed by atoms with Crippen LogP contribution in [0.1, 0.15) is 0 Å². The van der Waals surface area contributed by atoms with Crippen LogP contribution in [-0.4, -0.2) is 55.2 Å². The second-order valence-corrected chi connectivity index (χ2v) is 4.52. The van der Waals surface area contributed by atoms with Gasteiger partial charge in [-0.2, -0.15) is 0 Å².